The summed E-state index contributed by atoms with van der Waals surface area (Å²) in [6.45, 7) is 1.95. The molecule has 4 nitrogen and oxygen atoms in total. The van der Waals surface area contributed by atoms with Gasteiger partial charge in [0.25, 0.3) is 5.56 Å². The highest BCUT2D eigenvalue weighted by atomic mass is 79.9. The zero-order valence-corrected chi connectivity index (χ0v) is 12.2. The highest BCUT2D eigenvalue weighted by Crippen LogP contribution is 2.19. The molecule has 2 rings (SSSR count). The third-order valence-electron chi connectivity index (χ3n) is 2.86. The molecule has 1 aromatic carbocycles. The Hall–Kier alpha value is -1.62. The minimum Gasteiger partial charge on any atom is -0.493 e. The van der Waals surface area contributed by atoms with E-state index in [1.807, 2.05) is 31.2 Å². The molecule has 0 atom stereocenters. The maximum absolute atomic E-state index is 11.9. The largest absolute Gasteiger partial charge is 0.493 e. The summed E-state index contributed by atoms with van der Waals surface area (Å²) in [6.07, 6.45) is 1.79. The minimum absolute atomic E-state index is 0.160. The second kappa shape index (κ2) is 6.02. The molecule has 0 unspecified atom stereocenters. The van der Waals surface area contributed by atoms with E-state index in [2.05, 4.69) is 25.9 Å². The topological polar surface area (TPSA) is 66.0 Å². The SMILES string of the molecule is CCCc1c(O)nc(Cc2ccccc2Br)[nH]c1=O. The molecule has 0 fully saturated rings. The fourth-order valence-electron chi connectivity index (χ4n) is 1.91. The molecule has 2 aromatic rings. The number of nitrogens with zero attached hydrogens (tertiary/aromatic N) is 1. The lowest BCUT2D eigenvalue weighted by Gasteiger charge is -2.06. The number of hydrogen-bond acceptors (Lipinski definition) is 3. The molecule has 5 heteroatoms. The van der Waals surface area contributed by atoms with Crippen LogP contribution in [0.25, 0.3) is 0 Å². The Morgan fingerprint density at radius 1 is 1.37 bits per heavy atom. The van der Waals surface area contributed by atoms with Gasteiger partial charge >= 0.3 is 0 Å². The average Bonchev–Trinajstić information content (AvgIpc) is 2.37. The number of hydrogen-bond donors (Lipinski definition) is 2. The lowest BCUT2D eigenvalue weighted by atomic mass is 10.1. The van der Waals surface area contributed by atoms with E-state index in [0.29, 0.717) is 24.2 Å². The smallest absolute Gasteiger partial charge is 0.257 e. The van der Waals surface area contributed by atoms with Crippen LogP contribution in [0.15, 0.2) is 33.5 Å². The van der Waals surface area contributed by atoms with Crippen molar-refractivity contribution in [3.05, 3.63) is 56.0 Å². The van der Waals surface area contributed by atoms with Gasteiger partial charge in [-0.25, -0.2) is 0 Å². The van der Waals surface area contributed by atoms with Crippen molar-refractivity contribution in [3.8, 4) is 5.88 Å². The summed E-state index contributed by atoms with van der Waals surface area (Å²) in [7, 11) is 0. The monoisotopic (exact) mass is 322 g/mol. The van der Waals surface area contributed by atoms with Crippen molar-refractivity contribution in [2.75, 3.05) is 0 Å². The predicted molar refractivity (Wildman–Crippen MR) is 77.5 cm³/mol. The molecule has 0 aliphatic heterocycles. The number of benzene rings is 1. The Kier molecular flexibility index (Phi) is 4.37. The molecule has 1 heterocycles. The second-order valence-corrected chi connectivity index (χ2v) is 5.19. The van der Waals surface area contributed by atoms with Gasteiger partial charge in [0.2, 0.25) is 5.88 Å². The van der Waals surface area contributed by atoms with Crippen LogP contribution in [0.4, 0.5) is 0 Å². The molecule has 0 saturated heterocycles. The number of aromatic nitrogens is 2. The van der Waals surface area contributed by atoms with Crippen LogP contribution < -0.4 is 5.56 Å². The summed E-state index contributed by atoms with van der Waals surface area (Å²) in [4.78, 5) is 18.7. The first-order chi connectivity index (χ1) is 9.11. The summed E-state index contributed by atoms with van der Waals surface area (Å²) in [6, 6.07) is 7.72. The molecule has 0 saturated carbocycles. The van der Waals surface area contributed by atoms with E-state index >= 15 is 0 Å². The maximum atomic E-state index is 11.9. The van der Waals surface area contributed by atoms with Crippen LogP contribution in [-0.4, -0.2) is 15.1 Å². The molecule has 0 amide bonds. The van der Waals surface area contributed by atoms with Gasteiger partial charge in [-0.05, 0) is 18.1 Å². The summed E-state index contributed by atoms with van der Waals surface area (Å²) in [5.41, 5.74) is 1.11. The molecule has 2 N–H and O–H groups in total. The van der Waals surface area contributed by atoms with Crippen molar-refractivity contribution in [1.29, 1.82) is 0 Å². The number of H-pyrrole nitrogens is 1. The first kappa shape index (κ1) is 13.8. The molecule has 1 aromatic heterocycles. The molecule has 0 bridgehead atoms. The van der Waals surface area contributed by atoms with Gasteiger partial charge in [0.1, 0.15) is 5.82 Å². The van der Waals surface area contributed by atoms with Crippen LogP contribution >= 0.6 is 15.9 Å². The van der Waals surface area contributed by atoms with Crippen molar-refractivity contribution in [3.63, 3.8) is 0 Å². The second-order valence-electron chi connectivity index (χ2n) is 4.33. The Morgan fingerprint density at radius 2 is 2.11 bits per heavy atom. The lowest BCUT2D eigenvalue weighted by Crippen LogP contribution is -2.17. The number of halogens is 1. The van der Waals surface area contributed by atoms with Gasteiger partial charge in [0.05, 0.1) is 5.56 Å². The zero-order valence-electron chi connectivity index (χ0n) is 10.6. The third-order valence-corrected chi connectivity index (χ3v) is 3.63. The van der Waals surface area contributed by atoms with Gasteiger partial charge in [-0.2, -0.15) is 4.98 Å². The Labute approximate surface area is 119 Å². The first-order valence-corrected chi connectivity index (χ1v) is 6.95. The van der Waals surface area contributed by atoms with Crippen LogP contribution in [0.3, 0.4) is 0 Å². The van der Waals surface area contributed by atoms with Gasteiger partial charge in [-0.1, -0.05) is 47.5 Å². The van der Waals surface area contributed by atoms with Crippen LogP contribution in [0.5, 0.6) is 5.88 Å². The van der Waals surface area contributed by atoms with E-state index in [-0.39, 0.29) is 11.4 Å². The van der Waals surface area contributed by atoms with E-state index < -0.39 is 0 Å². The quantitative estimate of drug-likeness (QED) is 0.909. The minimum atomic E-state index is -0.253. The standard InChI is InChI=1S/C14H15BrN2O2/c1-2-5-10-13(18)16-12(17-14(10)19)8-9-6-3-4-7-11(9)15/h3-4,6-7H,2,5,8H2,1H3,(H2,16,17,18,19). The predicted octanol–water partition coefficient (Wildman–Crippen LogP) is 2.78. The summed E-state index contributed by atoms with van der Waals surface area (Å²) < 4.78 is 0.953. The molecule has 19 heavy (non-hydrogen) atoms. The molecule has 0 radical (unpaired) electrons. The van der Waals surface area contributed by atoms with E-state index in [1.165, 1.54) is 0 Å². The number of rotatable bonds is 4. The number of aromatic amines is 1. The van der Waals surface area contributed by atoms with E-state index in [1.54, 1.807) is 0 Å². The first-order valence-electron chi connectivity index (χ1n) is 6.16. The Morgan fingerprint density at radius 3 is 2.74 bits per heavy atom. The van der Waals surface area contributed by atoms with Crippen LogP contribution in [0.1, 0.15) is 30.3 Å². The van der Waals surface area contributed by atoms with Crippen molar-refractivity contribution in [2.24, 2.45) is 0 Å². The lowest BCUT2D eigenvalue weighted by molar-refractivity contribution is 0.439. The molecule has 0 spiro atoms. The normalized spacial score (nSPS) is 10.6. The zero-order chi connectivity index (χ0) is 13.8. The van der Waals surface area contributed by atoms with Gasteiger partial charge in [-0.15, -0.1) is 0 Å². The van der Waals surface area contributed by atoms with Crippen molar-refractivity contribution in [1.82, 2.24) is 9.97 Å². The maximum Gasteiger partial charge on any atom is 0.257 e. The van der Waals surface area contributed by atoms with Crippen molar-refractivity contribution >= 4 is 15.9 Å². The molecular weight excluding hydrogens is 308 g/mol. The Balaban J connectivity index is 2.33. The number of nitrogens with one attached hydrogen (secondary N) is 1. The number of aromatic hydroxyl groups is 1. The molecular formula is C14H15BrN2O2. The van der Waals surface area contributed by atoms with Crippen LogP contribution in [-0.2, 0) is 12.8 Å². The fourth-order valence-corrected chi connectivity index (χ4v) is 2.34. The van der Waals surface area contributed by atoms with Crippen LogP contribution in [0, 0.1) is 0 Å². The van der Waals surface area contributed by atoms with E-state index in [9.17, 15) is 9.90 Å². The highest BCUT2D eigenvalue weighted by Gasteiger charge is 2.10. The molecule has 100 valence electrons. The van der Waals surface area contributed by atoms with Gasteiger partial charge in [0.15, 0.2) is 0 Å². The Bertz CT molecular complexity index is 638. The fraction of sp³-hybridized carbons (Fsp3) is 0.286. The van der Waals surface area contributed by atoms with E-state index in [4.69, 9.17) is 0 Å². The summed E-state index contributed by atoms with van der Waals surface area (Å²) >= 11 is 3.45. The summed E-state index contributed by atoms with van der Waals surface area (Å²) in [5.74, 6) is 0.307. The van der Waals surface area contributed by atoms with Crippen molar-refractivity contribution in [2.45, 2.75) is 26.2 Å². The van der Waals surface area contributed by atoms with Gasteiger partial charge < -0.3 is 10.1 Å². The molecule has 0 aliphatic rings. The average molecular weight is 323 g/mol. The van der Waals surface area contributed by atoms with Crippen molar-refractivity contribution < 1.29 is 5.11 Å². The molecule has 0 aliphatic carbocycles. The summed E-state index contributed by atoms with van der Waals surface area (Å²) in [5, 5.41) is 9.81. The van der Waals surface area contributed by atoms with Crippen LogP contribution in [0.2, 0.25) is 0 Å². The third kappa shape index (κ3) is 3.23. The van der Waals surface area contributed by atoms with E-state index in [0.717, 1.165) is 16.5 Å². The van der Waals surface area contributed by atoms with Gasteiger partial charge in [0, 0.05) is 10.9 Å². The van der Waals surface area contributed by atoms with Gasteiger partial charge in [-0.3, -0.25) is 4.79 Å². The highest BCUT2D eigenvalue weighted by molar-refractivity contribution is 9.10.